The van der Waals surface area contributed by atoms with Crippen molar-refractivity contribution in [2.75, 3.05) is 5.73 Å². The largest absolute Gasteiger partial charge is 0.435 e. The molecular formula is C9H11F3N2. The van der Waals surface area contributed by atoms with Crippen molar-refractivity contribution >= 4 is 5.69 Å². The molecule has 2 nitrogen and oxygen atoms in total. The van der Waals surface area contributed by atoms with Crippen molar-refractivity contribution in [3.05, 3.63) is 23.5 Å². The molecule has 1 aromatic rings. The van der Waals surface area contributed by atoms with Crippen LogP contribution in [0.15, 0.2) is 12.3 Å². The zero-order chi connectivity index (χ0) is 10.9. The summed E-state index contributed by atoms with van der Waals surface area (Å²) >= 11 is 0. The molecule has 0 amide bonds. The normalized spacial score (nSPS) is 12.1. The Morgan fingerprint density at radius 1 is 1.36 bits per heavy atom. The van der Waals surface area contributed by atoms with Crippen LogP contribution < -0.4 is 5.73 Å². The van der Waals surface area contributed by atoms with Gasteiger partial charge in [-0.15, -0.1) is 0 Å². The van der Waals surface area contributed by atoms with E-state index in [1.165, 1.54) is 12.3 Å². The van der Waals surface area contributed by atoms with E-state index in [1.807, 2.05) is 13.8 Å². The molecule has 14 heavy (non-hydrogen) atoms. The highest BCUT2D eigenvalue weighted by Crippen LogP contribution is 2.32. The number of nitrogen functional groups attached to an aromatic ring is 1. The second kappa shape index (κ2) is 3.48. The van der Waals surface area contributed by atoms with E-state index in [9.17, 15) is 13.2 Å². The Labute approximate surface area is 79.9 Å². The van der Waals surface area contributed by atoms with Gasteiger partial charge in [0.2, 0.25) is 0 Å². The van der Waals surface area contributed by atoms with Crippen LogP contribution in [-0.4, -0.2) is 4.98 Å². The van der Waals surface area contributed by atoms with Crippen molar-refractivity contribution in [2.45, 2.75) is 25.9 Å². The number of nitrogens with zero attached hydrogens (tertiary/aromatic N) is 1. The first kappa shape index (κ1) is 10.8. The van der Waals surface area contributed by atoms with E-state index in [1.54, 1.807) is 0 Å². The Balaban J connectivity index is 3.15. The fourth-order valence-electron chi connectivity index (χ4n) is 1.05. The number of aromatic nitrogens is 1. The van der Waals surface area contributed by atoms with Crippen molar-refractivity contribution in [1.29, 1.82) is 0 Å². The van der Waals surface area contributed by atoms with Crippen LogP contribution >= 0.6 is 0 Å². The molecule has 0 fully saturated rings. The van der Waals surface area contributed by atoms with Crippen molar-refractivity contribution in [2.24, 2.45) is 0 Å². The number of nitrogens with two attached hydrogens (primary N) is 1. The third kappa shape index (κ3) is 2.16. The van der Waals surface area contributed by atoms with Gasteiger partial charge in [-0.1, -0.05) is 13.8 Å². The molecule has 78 valence electrons. The van der Waals surface area contributed by atoms with Gasteiger partial charge in [0.25, 0.3) is 0 Å². The highest BCUT2D eigenvalue weighted by Gasteiger charge is 2.34. The quantitative estimate of drug-likeness (QED) is 0.763. The minimum atomic E-state index is -4.47. The van der Waals surface area contributed by atoms with Crippen LogP contribution in [0.5, 0.6) is 0 Å². The summed E-state index contributed by atoms with van der Waals surface area (Å²) in [5.74, 6) is 0.118. The predicted molar refractivity (Wildman–Crippen MR) is 47.7 cm³/mol. The van der Waals surface area contributed by atoms with Gasteiger partial charge < -0.3 is 5.73 Å². The Morgan fingerprint density at radius 2 is 1.93 bits per heavy atom. The summed E-state index contributed by atoms with van der Waals surface area (Å²) in [4.78, 5) is 3.32. The zero-order valence-corrected chi connectivity index (χ0v) is 7.89. The molecule has 0 saturated carbocycles. The number of hydrogen-bond donors (Lipinski definition) is 1. The van der Waals surface area contributed by atoms with Gasteiger partial charge in [-0.05, 0) is 17.5 Å². The van der Waals surface area contributed by atoms with E-state index < -0.39 is 11.9 Å². The van der Waals surface area contributed by atoms with Gasteiger partial charge in [-0.25, -0.2) is 4.98 Å². The molecule has 2 N–H and O–H groups in total. The highest BCUT2D eigenvalue weighted by atomic mass is 19.4. The van der Waals surface area contributed by atoms with Crippen LogP contribution in [-0.2, 0) is 6.18 Å². The lowest BCUT2D eigenvalue weighted by Gasteiger charge is -2.11. The number of rotatable bonds is 1. The van der Waals surface area contributed by atoms with Gasteiger partial charge in [0, 0.05) is 6.20 Å². The maximum absolute atomic E-state index is 12.2. The van der Waals surface area contributed by atoms with Gasteiger partial charge in [0.1, 0.15) is 0 Å². The van der Waals surface area contributed by atoms with E-state index in [2.05, 4.69) is 4.98 Å². The van der Waals surface area contributed by atoms with Gasteiger partial charge >= 0.3 is 6.18 Å². The molecule has 5 heteroatoms. The number of halogens is 3. The summed E-state index contributed by atoms with van der Waals surface area (Å²) in [5, 5.41) is 0. The SMILES string of the molecule is CC(C)c1cnc(C(F)(F)F)c(N)c1. The van der Waals surface area contributed by atoms with Gasteiger partial charge in [0.05, 0.1) is 5.69 Å². The Kier molecular flexibility index (Phi) is 2.69. The maximum Gasteiger partial charge on any atom is 0.435 e. The molecule has 0 aliphatic carbocycles. The molecule has 0 atom stereocenters. The van der Waals surface area contributed by atoms with Gasteiger partial charge in [0.15, 0.2) is 5.69 Å². The molecule has 1 rings (SSSR count). The second-order valence-electron chi connectivity index (χ2n) is 3.36. The lowest BCUT2D eigenvalue weighted by molar-refractivity contribution is -0.140. The lowest BCUT2D eigenvalue weighted by atomic mass is 10.0. The Bertz CT molecular complexity index is 331. The predicted octanol–water partition coefficient (Wildman–Crippen LogP) is 2.81. The summed E-state index contributed by atoms with van der Waals surface area (Å²) in [7, 11) is 0. The van der Waals surface area contributed by atoms with E-state index in [0.29, 0.717) is 5.56 Å². The third-order valence-corrected chi connectivity index (χ3v) is 1.87. The van der Waals surface area contributed by atoms with Crippen LogP contribution in [0.25, 0.3) is 0 Å². The third-order valence-electron chi connectivity index (χ3n) is 1.87. The number of alkyl halides is 3. The summed E-state index contributed by atoms with van der Waals surface area (Å²) < 4.78 is 36.7. The highest BCUT2D eigenvalue weighted by molar-refractivity contribution is 5.46. The van der Waals surface area contributed by atoms with Gasteiger partial charge in [-0.3, -0.25) is 0 Å². The van der Waals surface area contributed by atoms with Crippen molar-refractivity contribution in [3.63, 3.8) is 0 Å². The van der Waals surface area contributed by atoms with E-state index in [-0.39, 0.29) is 11.6 Å². The van der Waals surface area contributed by atoms with E-state index in [4.69, 9.17) is 5.73 Å². The number of anilines is 1. The van der Waals surface area contributed by atoms with Crippen LogP contribution in [0.1, 0.15) is 31.0 Å². The van der Waals surface area contributed by atoms with Crippen molar-refractivity contribution < 1.29 is 13.2 Å². The van der Waals surface area contributed by atoms with Crippen LogP contribution in [0, 0.1) is 0 Å². The molecule has 0 aliphatic heterocycles. The molecule has 0 spiro atoms. The first-order valence-corrected chi connectivity index (χ1v) is 4.15. The van der Waals surface area contributed by atoms with Crippen molar-refractivity contribution in [3.8, 4) is 0 Å². The minimum Gasteiger partial charge on any atom is -0.397 e. The topological polar surface area (TPSA) is 38.9 Å². The first-order chi connectivity index (χ1) is 6.32. The minimum absolute atomic E-state index is 0.118. The number of pyridine rings is 1. The monoisotopic (exact) mass is 204 g/mol. The summed E-state index contributed by atoms with van der Waals surface area (Å²) in [6.45, 7) is 3.73. The van der Waals surface area contributed by atoms with E-state index in [0.717, 1.165) is 0 Å². The molecule has 0 aromatic carbocycles. The molecule has 0 saturated heterocycles. The summed E-state index contributed by atoms with van der Waals surface area (Å²) in [6.07, 6.45) is -3.26. The lowest BCUT2D eigenvalue weighted by Crippen LogP contribution is -2.12. The first-order valence-electron chi connectivity index (χ1n) is 4.15. The fourth-order valence-corrected chi connectivity index (χ4v) is 1.05. The van der Waals surface area contributed by atoms with Crippen LogP contribution in [0.4, 0.5) is 18.9 Å². The average Bonchev–Trinajstić information content (AvgIpc) is 2.01. The molecule has 0 unspecified atom stereocenters. The molecule has 0 radical (unpaired) electrons. The standard InChI is InChI=1S/C9H11F3N2/c1-5(2)6-3-7(13)8(14-4-6)9(10,11)12/h3-5H,13H2,1-2H3. The average molecular weight is 204 g/mol. The van der Waals surface area contributed by atoms with E-state index >= 15 is 0 Å². The fraction of sp³-hybridized carbons (Fsp3) is 0.444. The Hall–Kier alpha value is -1.26. The number of hydrogen-bond acceptors (Lipinski definition) is 2. The summed E-state index contributed by atoms with van der Waals surface area (Å²) in [5.41, 5.74) is 4.64. The molecule has 1 aromatic heterocycles. The second-order valence-corrected chi connectivity index (χ2v) is 3.36. The van der Waals surface area contributed by atoms with Crippen LogP contribution in [0.2, 0.25) is 0 Å². The molecule has 1 heterocycles. The molecule has 0 bridgehead atoms. The molecule has 0 aliphatic rings. The van der Waals surface area contributed by atoms with Crippen molar-refractivity contribution in [1.82, 2.24) is 4.98 Å². The van der Waals surface area contributed by atoms with Gasteiger partial charge in [-0.2, -0.15) is 13.2 Å². The zero-order valence-electron chi connectivity index (χ0n) is 7.89. The summed E-state index contributed by atoms with van der Waals surface area (Å²) in [6, 6.07) is 1.32. The Morgan fingerprint density at radius 3 is 2.29 bits per heavy atom. The van der Waals surface area contributed by atoms with Crippen LogP contribution in [0.3, 0.4) is 0 Å². The smallest absolute Gasteiger partial charge is 0.397 e. The molecular weight excluding hydrogens is 193 g/mol. The maximum atomic E-state index is 12.2.